The van der Waals surface area contributed by atoms with Crippen LogP contribution >= 0.6 is 0 Å². The first-order chi connectivity index (χ1) is 11.4. The maximum absolute atomic E-state index is 5.37. The minimum Gasteiger partial charge on any atom is -0.479 e. The van der Waals surface area contributed by atoms with E-state index < -0.39 is 0 Å². The average molecular weight is 325 g/mol. The predicted molar refractivity (Wildman–Crippen MR) is 98.6 cm³/mol. The van der Waals surface area contributed by atoms with Gasteiger partial charge in [0, 0.05) is 12.8 Å². The summed E-state index contributed by atoms with van der Waals surface area (Å²) in [6.07, 6.45) is 14.5. The highest BCUT2D eigenvalue weighted by molar-refractivity contribution is 5.77. The SMILES string of the molecule is CCC1=NCCO1.CCCCCCCCCCCC1=NCCO1. The molecule has 0 unspecified atom stereocenters. The summed E-state index contributed by atoms with van der Waals surface area (Å²) >= 11 is 0. The first-order valence-corrected chi connectivity index (χ1v) is 9.69. The molecule has 2 heterocycles. The minimum atomic E-state index is 0.795. The van der Waals surface area contributed by atoms with Crippen LogP contribution in [0.1, 0.15) is 84.5 Å². The molecule has 134 valence electrons. The van der Waals surface area contributed by atoms with E-state index in [1.807, 2.05) is 6.92 Å². The predicted octanol–water partition coefficient (Wildman–Crippen LogP) is 5.16. The van der Waals surface area contributed by atoms with E-state index in [-0.39, 0.29) is 0 Å². The Bertz CT molecular complexity index is 340. The molecule has 0 aromatic carbocycles. The van der Waals surface area contributed by atoms with Crippen LogP contribution in [0.3, 0.4) is 0 Å². The maximum atomic E-state index is 5.37. The molecule has 0 fully saturated rings. The number of ether oxygens (including phenoxy) is 2. The van der Waals surface area contributed by atoms with Gasteiger partial charge in [0.2, 0.25) is 0 Å². The molecule has 4 nitrogen and oxygen atoms in total. The third-order valence-corrected chi connectivity index (χ3v) is 4.09. The second-order valence-electron chi connectivity index (χ2n) is 6.18. The van der Waals surface area contributed by atoms with Crippen LogP contribution in [0, 0.1) is 0 Å². The van der Waals surface area contributed by atoms with Gasteiger partial charge >= 0.3 is 0 Å². The van der Waals surface area contributed by atoms with Gasteiger partial charge in [-0.2, -0.15) is 0 Å². The van der Waals surface area contributed by atoms with E-state index in [1.165, 1.54) is 57.8 Å². The van der Waals surface area contributed by atoms with Crippen molar-refractivity contribution in [2.75, 3.05) is 26.3 Å². The van der Waals surface area contributed by atoms with Crippen LogP contribution in [0.5, 0.6) is 0 Å². The molecular formula is C19H36N2O2. The van der Waals surface area contributed by atoms with Gasteiger partial charge in [-0.1, -0.05) is 65.2 Å². The summed E-state index contributed by atoms with van der Waals surface area (Å²) in [4.78, 5) is 8.35. The summed E-state index contributed by atoms with van der Waals surface area (Å²) in [7, 11) is 0. The molecule has 0 atom stereocenters. The van der Waals surface area contributed by atoms with E-state index in [0.717, 1.165) is 50.9 Å². The van der Waals surface area contributed by atoms with Crippen molar-refractivity contribution in [1.82, 2.24) is 0 Å². The lowest BCUT2D eigenvalue weighted by atomic mass is 10.1. The summed E-state index contributed by atoms with van der Waals surface area (Å²) < 4.78 is 10.4. The Hall–Kier alpha value is -1.06. The molecule has 0 radical (unpaired) electrons. The van der Waals surface area contributed by atoms with Crippen LogP contribution < -0.4 is 0 Å². The van der Waals surface area contributed by atoms with Gasteiger partial charge in [-0.15, -0.1) is 0 Å². The van der Waals surface area contributed by atoms with Gasteiger partial charge in [-0.3, -0.25) is 9.98 Å². The molecule has 0 saturated heterocycles. The second kappa shape index (κ2) is 14.5. The van der Waals surface area contributed by atoms with Gasteiger partial charge in [-0.25, -0.2) is 0 Å². The third-order valence-electron chi connectivity index (χ3n) is 4.09. The number of hydrogen-bond acceptors (Lipinski definition) is 4. The number of nitrogens with zero attached hydrogens (tertiary/aromatic N) is 2. The molecule has 0 aromatic heterocycles. The van der Waals surface area contributed by atoms with Crippen molar-refractivity contribution in [2.45, 2.75) is 84.5 Å². The van der Waals surface area contributed by atoms with Crippen LogP contribution in [0.2, 0.25) is 0 Å². The molecule has 0 bridgehead atoms. The van der Waals surface area contributed by atoms with E-state index in [0.29, 0.717) is 0 Å². The Labute approximate surface area is 142 Å². The molecule has 2 rings (SSSR count). The Morgan fingerprint density at radius 1 is 0.696 bits per heavy atom. The number of rotatable bonds is 11. The molecule has 23 heavy (non-hydrogen) atoms. The van der Waals surface area contributed by atoms with Crippen LogP contribution in [0.25, 0.3) is 0 Å². The summed E-state index contributed by atoms with van der Waals surface area (Å²) in [5, 5.41) is 0. The normalized spacial score (nSPS) is 16.1. The van der Waals surface area contributed by atoms with Crippen LogP contribution in [-0.2, 0) is 9.47 Å². The molecule has 0 saturated carbocycles. The highest BCUT2D eigenvalue weighted by Gasteiger charge is 2.05. The molecule has 0 aliphatic carbocycles. The smallest absolute Gasteiger partial charge is 0.183 e. The topological polar surface area (TPSA) is 43.2 Å². The van der Waals surface area contributed by atoms with Gasteiger partial charge in [-0.05, 0) is 6.42 Å². The Balaban J connectivity index is 0.000000313. The largest absolute Gasteiger partial charge is 0.479 e. The van der Waals surface area contributed by atoms with Gasteiger partial charge in [0.25, 0.3) is 0 Å². The van der Waals surface area contributed by atoms with E-state index in [4.69, 9.17) is 9.47 Å². The van der Waals surface area contributed by atoms with Crippen LogP contribution in [0.15, 0.2) is 9.98 Å². The van der Waals surface area contributed by atoms with Gasteiger partial charge in [0.05, 0.1) is 13.1 Å². The fourth-order valence-electron chi connectivity index (χ4n) is 2.71. The van der Waals surface area contributed by atoms with Crippen molar-refractivity contribution >= 4 is 11.8 Å². The number of hydrogen-bond donors (Lipinski definition) is 0. The fraction of sp³-hybridized carbons (Fsp3) is 0.895. The zero-order chi connectivity index (χ0) is 16.6. The zero-order valence-electron chi connectivity index (χ0n) is 15.3. The lowest BCUT2D eigenvalue weighted by molar-refractivity contribution is 0.336. The van der Waals surface area contributed by atoms with Gasteiger partial charge < -0.3 is 9.47 Å². The van der Waals surface area contributed by atoms with E-state index in [9.17, 15) is 0 Å². The highest BCUT2D eigenvalue weighted by Crippen LogP contribution is 2.11. The molecule has 0 amide bonds. The molecule has 2 aliphatic heterocycles. The average Bonchev–Trinajstić information content (AvgIpc) is 3.27. The standard InChI is InChI=1S/C14H27NO.C5H9NO/c1-2-3-4-5-6-7-8-9-10-11-14-15-12-13-16-14;1-2-5-6-3-4-7-5/h2-13H2,1H3;2-4H2,1H3. The second-order valence-corrected chi connectivity index (χ2v) is 6.18. The molecule has 4 heteroatoms. The quantitative estimate of drug-likeness (QED) is 0.493. The maximum Gasteiger partial charge on any atom is 0.183 e. The van der Waals surface area contributed by atoms with Crippen LogP contribution in [0.4, 0.5) is 0 Å². The van der Waals surface area contributed by atoms with Crippen molar-refractivity contribution < 1.29 is 9.47 Å². The first-order valence-electron chi connectivity index (χ1n) is 9.69. The molecular weight excluding hydrogens is 288 g/mol. The molecule has 0 spiro atoms. The first kappa shape index (κ1) is 20.0. The highest BCUT2D eigenvalue weighted by atomic mass is 16.5. The van der Waals surface area contributed by atoms with Crippen molar-refractivity contribution in [1.29, 1.82) is 0 Å². The third kappa shape index (κ3) is 11.2. The Morgan fingerprint density at radius 2 is 1.22 bits per heavy atom. The molecule has 0 aromatic rings. The minimum absolute atomic E-state index is 0.795. The molecule has 0 N–H and O–H groups in total. The Morgan fingerprint density at radius 3 is 1.65 bits per heavy atom. The van der Waals surface area contributed by atoms with Crippen molar-refractivity contribution in [3.8, 4) is 0 Å². The van der Waals surface area contributed by atoms with E-state index in [2.05, 4.69) is 16.9 Å². The van der Waals surface area contributed by atoms with Crippen molar-refractivity contribution in [2.24, 2.45) is 9.98 Å². The monoisotopic (exact) mass is 324 g/mol. The summed E-state index contributed by atoms with van der Waals surface area (Å²) in [6.45, 7) is 7.67. The lowest BCUT2D eigenvalue weighted by Crippen LogP contribution is -1.98. The van der Waals surface area contributed by atoms with E-state index in [1.54, 1.807) is 0 Å². The van der Waals surface area contributed by atoms with Gasteiger partial charge in [0.1, 0.15) is 13.2 Å². The zero-order valence-corrected chi connectivity index (χ0v) is 15.3. The summed E-state index contributed by atoms with van der Waals surface area (Å²) in [5.41, 5.74) is 0. The lowest BCUT2D eigenvalue weighted by Gasteiger charge is -2.02. The summed E-state index contributed by atoms with van der Waals surface area (Å²) in [6, 6.07) is 0. The number of unbranched alkanes of at least 4 members (excludes halogenated alkanes) is 8. The van der Waals surface area contributed by atoms with E-state index >= 15 is 0 Å². The fourth-order valence-corrected chi connectivity index (χ4v) is 2.71. The van der Waals surface area contributed by atoms with Crippen molar-refractivity contribution in [3.63, 3.8) is 0 Å². The number of aliphatic imine (C=N–C) groups is 2. The van der Waals surface area contributed by atoms with Crippen molar-refractivity contribution in [3.05, 3.63) is 0 Å². The molecule has 2 aliphatic rings. The van der Waals surface area contributed by atoms with Gasteiger partial charge in [0.15, 0.2) is 11.8 Å². The summed E-state index contributed by atoms with van der Waals surface area (Å²) in [5.74, 6) is 1.92. The Kier molecular flexibility index (Phi) is 12.6. The van der Waals surface area contributed by atoms with Crippen LogP contribution in [-0.4, -0.2) is 38.1 Å².